The SMILES string of the molecule is O=C(Nc1cccc(Cl)n1)c1cccc(F)c1F. The summed E-state index contributed by atoms with van der Waals surface area (Å²) < 4.78 is 26.3. The lowest BCUT2D eigenvalue weighted by molar-refractivity contribution is 0.102. The van der Waals surface area contributed by atoms with E-state index in [9.17, 15) is 13.6 Å². The molecule has 0 saturated carbocycles. The summed E-state index contributed by atoms with van der Waals surface area (Å²) in [6, 6.07) is 7.95. The largest absolute Gasteiger partial charge is 0.306 e. The van der Waals surface area contributed by atoms with Crippen molar-refractivity contribution in [1.29, 1.82) is 0 Å². The fourth-order valence-corrected chi connectivity index (χ4v) is 1.50. The molecule has 92 valence electrons. The summed E-state index contributed by atoms with van der Waals surface area (Å²) in [5.41, 5.74) is -0.392. The Labute approximate surface area is 106 Å². The lowest BCUT2D eigenvalue weighted by Gasteiger charge is -2.05. The van der Waals surface area contributed by atoms with Gasteiger partial charge in [-0.05, 0) is 24.3 Å². The van der Waals surface area contributed by atoms with Gasteiger partial charge in [0.05, 0.1) is 5.56 Å². The third kappa shape index (κ3) is 2.62. The van der Waals surface area contributed by atoms with Crippen molar-refractivity contribution in [3.8, 4) is 0 Å². The van der Waals surface area contributed by atoms with Gasteiger partial charge in [-0.1, -0.05) is 23.7 Å². The standard InChI is InChI=1S/C12H7ClF2N2O/c13-9-5-2-6-10(16-9)17-12(18)7-3-1-4-8(14)11(7)15/h1-6H,(H,16,17,18). The second-order valence-corrected chi connectivity index (χ2v) is 3.79. The predicted octanol–water partition coefficient (Wildman–Crippen LogP) is 3.27. The zero-order valence-corrected chi connectivity index (χ0v) is 9.71. The molecule has 0 spiro atoms. The summed E-state index contributed by atoms with van der Waals surface area (Å²) in [7, 11) is 0. The molecule has 0 aliphatic rings. The second kappa shape index (κ2) is 5.10. The lowest BCUT2D eigenvalue weighted by atomic mass is 10.2. The van der Waals surface area contributed by atoms with E-state index in [2.05, 4.69) is 10.3 Å². The molecule has 2 rings (SSSR count). The molecule has 0 aliphatic heterocycles. The Bertz CT molecular complexity index is 604. The number of nitrogens with zero attached hydrogens (tertiary/aromatic N) is 1. The predicted molar refractivity (Wildman–Crippen MR) is 63.6 cm³/mol. The first-order valence-electron chi connectivity index (χ1n) is 4.96. The molecule has 1 aromatic carbocycles. The zero-order chi connectivity index (χ0) is 13.1. The lowest BCUT2D eigenvalue weighted by Crippen LogP contribution is -2.15. The van der Waals surface area contributed by atoms with Crippen LogP contribution in [0.4, 0.5) is 14.6 Å². The molecule has 1 amide bonds. The van der Waals surface area contributed by atoms with Crippen LogP contribution in [-0.2, 0) is 0 Å². The molecule has 0 unspecified atom stereocenters. The first-order valence-corrected chi connectivity index (χ1v) is 5.33. The minimum absolute atomic E-state index is 0.163. The molecule has 0 aliphatic carbocycles. The maximum absolute atomic E-state index is 13.4. The highest BCUT2D eigenvalue weighted by molar-refractivity contribution is 6.29. The second-order valence-electron chi connectivity index (χ2n) is 3.40. The summed E-state index contributed by atoms with van der Waals surface area (Å²) in [4.78, 5) is 15.5. The fraction of sp³-hybridized carbons (Fsp3) is 0. The van der Waals surface area contributed by atoms with Gasteiger partial charge < -0.3 is 5.32 Å². The highest BCUT2D eigenvalue weighted by Gasteiger charge is 2.15. The van der Waals surface area contributed by atoms with Crippen molar-refractivity contribution in [3.05, 3.63) is 58.7 Å². The van der Waals surface area contributed by atoms with Crippen LogP contribution in [0.3, 0.4) is 0 Å². The number of nitrogens with one attached hydrogen (secondary N) is 1. The van der Waals surface area contributed by atoms with Gasteiger partial charge in [0.25, 0.3) is 5.91 Å². The van der Waals surface area contributed by atoms with Crippen molar-refractivity contribution < 1.29 is 13.6 Å². The van der Waals surface area contributed by atoms with Gasteiger partial charge in [0, 0.05) is 0 Å². The highest BCUT2D eigenvalue weighted by Crippen LogP contribution is 2.14. The average molecular weight is 269 g/mol. The third-order valence-corrected chi connectivity index (χ3v) is 2.36. The molecule has 3 nitrogen and oxygen atoms in total. The molecule has 1 heterocycles. The quantitative estimate of drug-likeness (QED) is 0.850. The first kappa shape index (κ1) is 12.4. The van der Waals surface area contributed by atoms with Crippen molar-refractivity contribution in [3.63, 3.8) is 0 Å². The third-order valence-electron chi connectivity index (χ3n) is 2.15. The molecular formula is C12H7ClF2N2O. The van der Waals surface area contributed by atoms with Crippen molar-refractivity contribution in [2.45, 2.75) is 0 Å². The molecule has 0 atom stereocenters. The number of hydrogen-bond donors (Lipinski definition) is 1. The first-order chi connectivity index (χ1) is 8.58. The number of rotatable bonds is 2. The maximum atomic E-state index is 13.4. The van der Waals surface area contributed by atoms with E-state index in [1.165, 1.54) is 24.3 Å². The Hall–Kier alpha value is -2.01. The fourth-order valence-electron chi connectivity index (χ4n) is 1.34. The zero-order valence-electron chi connectivity index (χ0n) is 8.95. The molecular weight excluding hydrogens is 262 g/mol. The minimum Gasteiger partial charge on any atom is -0.306 e. The number of aromatic nitrogens is 1. The van der Waals surface area contributed by atoms with Crippen molar-refractivity contribution in [1.82, 2.24) is 4.98 Å². The number of benzene rings is 1. The van der Waals surface area contributed by atoms with E-state index in [1.807, 2.05) is 0 Å². The number of amides is 1. The van der Waals surface area contributed by atoms with Gasteiger partial charge in [-0.3, -0.25) is 4.79 Å². The molecule has 1 N–H and O–H groups in total. The van der Waals surface area contributed by atoms with E-state index in [0.29, 0.717) is 0 Å². The van der Waals surface area contributed by atoms with Crippen LogP contribution in [0, 0.1) is 11.6 Å². The van der Waals surface area contributed by atoms with E-state index in [-0.39, 0.29) is 11.0 Å². The maximum Gasteiger partial charge on any atom is 0.259 e. The average Bonchev–Trinajstić information content (AvgIpc) is 2.32. The van der Waals surface area contributed by atoms with E-state index < -0.39 is 23.1 Å². The van der Waals surface area contributed by atoms with Crippen LogP contribution >= 0.6 is 11.6 Å². The number of carbonyl (C=O) groups excluding carboxylic acids is 1. The Morgan fingerprint density at radius 2 is 1.89 bits per heavy atom. The molecule has 18 heavy (non-hydrogen) atoms. The van der Waals surface area contributed by atoms with Gasteiger partial charge in [0.1, 0.15) is 11.0 Å². The van der Waals surface area contributed by atoms with Crippen molar-refractivity contribution in [2.24, 2.45) is 0 Å². The topological polar surface area (TPSA) is 42.0 Å². The summed E-state index contributed by atoms with van der Waals surface area (Å²) in [6.45, 7) is 0. The summed E-state index contributed by atoms with van der Waals surface area (Å²) in [6.07, 6.45) is 0. The summed E-state index contributed by atoms with van der Waals surface area (Å²) >= 11 is 5.63. The highest BCUT2D eigenvalue weighted by atomic mass is 35.5. The van der Waals surface area contributed by atoms with Crippen LogP contribution in [0.1, 0.15) is 10.4 Å². The number of hydrogen-bond acceptors (Lipinski definition) is 2. The Kier molecular flexibility index (Phi) is 3.53. The molecule has 2 aromatic rings. The Balaban J connectivity index is 2.25. The molecule has 0 fully saturated rings. The normalized spacial score (nSPS) is 10.2. The number of halogens is 3. The van der Waals surface area contributed by atoms with Crippen LogP contribution in [0.15, 0.2) is 36.4 Å². The van der Waals surface area contributed by atoms with Crippen LogP contribution in [-0.4, -0.2) is 10.9 Å². The van der Waals surface area contributed by atoms with Gasteiger partial charge in [0.15, 0.2) is 11.6 Å². The molecule has 6 heteroatoms. The van der Waals surface area contributed by atoms with Crippen molar-refractivity contribution in [2.75, 3.05) is 5.32 Å². The summed E-state index contributed by atoms with van der Waals surface area (Å²) in [5, 5.41) is 2.51. The summed E-state index contributed by atoms with van der Waals surface area (Å²) in [5.74, 6) is -2.91. The van der Waals surface area contributed by atoms with E-state index in [1.54, 1.807) is 6.07 Å². The smallest absolute Gasteiger partial charge is 0.259 e. The Morgan fingerprint density at radius 3 is 2.61 bits per heavy atom. The number of carbonyl (C=O) groups is 1. The van der Waals surface area contributed by atoms with Crippen molar-refractivity contribution >= 4 is 23.3 Å². The van der Waals surface area contributed by atoms with Gasteiger partial charge >= 0.3 is 0 Å². The van der Waals surface area contributed by atoms with E-state index in [0.717, 1.165) is 6.07 Å². The molecule has 0 saturated heterocycles. The molecule has 1 aromatic heterocycles. The van der Waals surface area contributed by atoms with Gasteiger partial charge in [-0.25, -0.2) is 13.8 Å². The van der Waals surface area contributed by atoms with Gasteiger partial charge in [-0.15, -0.1) is 0 Å². The van der Waals surface area contributed by atoms with E-state index in [4.69, 9.17) is 11.6 Å². The Morgan fingerprint density at radius 1 is 1.17 bits per heavy atom. The minimum atomic E-state index is -1.20. The van der Waals surface area contributed by atoms with Crippen LogP contribution in [0.25, 0.3) is 0 Å². The molecule has 0 bridgehead atoms. The number of anilines is 1. The van der Waals surface area contributed by atoms with E-state index >= 15 is 0 Å². The van der Waals surface area contributed by atoms with Crippen LogP contribution in [0.5, 0.6) is 0 Å². The van der Waals surface area contributed by atoms with Crippen LogP contribution in [0.2, 0.25) is 5.15 Å². The molecule has 0 radical (unpaired) electrons. The van der Waals surface area contributed by atoms with Gasteiger partial charge in [-0.2, -0.15) is 0 Å². The van der Waals surface area contributed by atoms with Crippen LogP contribution < -0.4 is 5.32 Å². The number of pyridine rings is 1. The van der Waals surface area contributed by atoms with Gasteiger partial charge in [0.2, 0.25) is 0 Å². The monoisotopic (exact) mass is 268 g/mol.